The van der Waals surface area contributed by atoms with Crippen molar-refractivity contribution in [2.24, 2.45) is 0 Å². The molecule has 2 heteroatoms. The Morgan fingerprint density at radius 3 is 1.29 bits per heavy atom. The van der Waals surface area contributed by atoms with Crippen LogP contribution in [-0.4, -0.2) is 30.1 Å². The zero-order chi connectivity index (χ0) is 5.21. The number of hydrogen-bond donors (Lipinski definition) is 0. The van der Waals surface area contributed by atoms with Crippen molar-refractivity contribution in [3.05, 3.63) is 0 Å². The Kier molecular flexibility index (Phi) is 5.22. The third-order valence-electron chi connectivity index (χ3n) is 0.612. The standard InChI is InChI=1S/C5H12O.Al.3H/c1-5(2,3)6-4;;;;/h1-4H3;;;;. The van der Waals surface area contributed by atoms with Gasteiger partial charge in [-0.05, 0) is 20.8 Å². The third kappa shape index (κ3) is 10.7. The Balaban J connectivity index is 0. The van der Waals surface area contributed by atoms with Crippen molar-refractivity contribution in [1.29, 1.82) is 0 Å². The van der Waals surface area contributed by atoms with Gasteiger partial charge in [-0.25, -0.2) is 0 Å². The average molecular weight is 118 g/mol. The molecule has 0 aromatic carbocycles. The molecule has 0 amide bonds. The van der Waals surface area contributed by atoms with Crippen molar-refractivity contribution in [1.82, 2.24) is 0 Å². The number of hydrogen-bond acceptors (Lipinski definition) is 1. The van der Waals surface area contributed by atoms with Gasteiger partial charge in [-0.3, -0.25) is 0 Å². The van der Waals surface area contributed by atoms with Crippen molar-refractivity contribution < 1.29 is 4.74 Å². The van der Waals surface area contributed by atoms with Crippen molar-refractivity contribution in [2.45, 2.75) is 26.4 Å². The molecule has 0 bridgehead atoms. The van der Waals surface area contributed by atoms with Crippen LogP contribution in [0.3, 0.4) is 0 Å². The minimum Gasteiger partial charge on any atom is -0.379 e. The van der Waals surface area contributed by atoms with Gasteiger partial charge in [0.2, 0.25) is 0 Å². The van der Waals surface area contributed by atoms with Crippen LogP contribution in [0.1, 0.15) is 20.8 Å². The molecule has 0 saturated heterocycles. The summed E-state index contributed by atoms with van der Waals surface area (Å²) in [6.45, 7) is 6.06. The van der Waals surface area contributed by atoms with E-state index in [0.717, 1.165) is 0 Å². The number of ether oxygens (including phenoxy) is 1. The van der Waals surface area contributed by atoms with Crippen molar-refractivity contribution >= 4 is 17.4 Å². The summed E-state index contributed by atoms with van der Waals surface area (Å²) >= 11 is 0. The number of rotatable bonds is 0. The van der Waals surface area contributed by atoms with Crippen molar-refractivity contribution in [3.8, 4) is 0 Å². The lowest BCUT2D eigenvalue weighted by molar-refractivity contribution is 0.0397. The zero-order valence-electron chi connectivity index (χ0n) is 4.91. The molecule has 0 atom stereocenters. The van der Waals surface area contributed by atoms with Crippen molar-refractivity contribution in [2.75, 3.05) is 7.11 Å². The molecule has 0 N–H and O–H groups in total. The minimum absolute atomic E-state index is 0. The molecule has 0 aromatic heterocycles. The molecule has 0 radical (unpaired) electrons. The second-order valence-corrected chi connectivity index (χ2v) is 2.32. The van der Waals surface area contributed by atoms with Gasteiger partial charge in [0.1, 0.15) is 0 Å². The highest BCUT2D eigenvalue weighted by Gasteiger charge is 2.03. The van der Waals surface area contributed by atoms with Crippen LogP contribution in [0, 0.1) is 0 Å². The van der Waals surface area contributed by atoms with Crippen LogP contribution in [0.15, 0.2) is 0 Å². The van der Waals surface area contributed by atoms with Gasteiger partial charge in [0, 0.05) is 7.11 Å². The third-order valence-corrected chi connectivity index (χ3v) is 0.612. The van der Waals surface area contributed by atoms with E-state index >= 15 is 0 Å². The van der Waals surface area contributed by atoms with E-state index in [1.54, 1.807) is 7.11 Å². The second kappa shape index (κ2) is 3.49. The van der Waals surface area contributed by atoms with E-state index in [4.69, 9.17) is 4.74 Å². The van der Waals surface area contributed by atoms with Gasteiger partial charge in [0.25, 0.3) is 0 Å². The molecule has 0 rings (SSSR count). The second-order valence-electron chi connectivity index (χ2n) is 2.32. The van der Waals surface area contributed by atoms with E-state index in [0.29, 0.717) is 0 Å². The fraction of sp³-hybridized carbons (Fsp3) is 1.00. The molecule has 0 saturated carbocycles. The van der Waals surface area contributed by atoms with E-state index in [-0.39, 0.29) is 23.0 Å². The van der Waals surface area contributed by atoms with E-state index in [9.17, 15) is 0 Å². The van der Waals surface area contributed by atoms with Gasteiger partial charge >= 0.3 is 0 Å². The largest absolute Gasteiger partial charge is 0.379 e. The SMILES string of the molecule is COC(C)(C)C.[AlH3]. The molecule has 7 heavy (non-hydrogen) atoms. The molecule has 0 aliphatic heterocycles. The maximum atomic E-state index is 4.94. The molecular weight excluding hydrogens is 103 g/mol. The van der Waals surface area contributed by atoms with Crippen molar-refractivity contribution in [3.63, 3.8) is 0 Å². The zero-order valence-corrected chi connectivity index (χ0v) is 4.91. The van der Waals surface area contributed by atoms with E-state index in [2.05, 4.69) is 0 Å². The average Bonchev–Trinajstić information content (AvgIpc) is 1.35. The smallest absolute Gasteiger partial charge is 0.187 e. The summed E-state index contributed by atoms with van der Waals surface area (Å²) in [6.07, 6.45) is 0. The summed E-state index contributed by atoms with van der Waals surface area (Å²) in [4.78, 5) is 0. The minimum atomic E-state index is 0. The summed E-state index contributed by atoms with van der Waals surface area (Å²) in [7, 11) is 1.71. The predicted molar refractivity (Wildman–Crippen MR) is 36.7 cm³/mol. The first-order valence-corrected chi connectivity index (χ1v) is 2.11. The Hall–Kier alpha value is 0.492. The first-order chi connectivity index (χ1) is 2.56. The van der Waals surface area contributed by atoms with Gasteiger partial charge in [-0.15, -0.1) is 0 Å². The normalized spacial score (nSPS) is 10.3. The fourth-order valence-corrected chi connectivity index (χ4v) is 0. The summed E-state index contributed by atoms with van der Waals surface area (Å²) in [5.41, 5.74) is 0.0417. The molecular formula is C5H15AlO. The maximum Gasteiger partial charge on any atom is 0.187 e. The highest BCUT2D eigenvalue weighted by molar-refractivity contribution is 5.75. The molecule has 0 spiro atoms. The topological polar surface area (TPSA) is 9.23 Å². The van der Waals surface area contributed by atoms with Crippen LogP contribution >= 0.6 is 0 Å². The monoisotopic (exact) mass is 118 g/mol. The Bertz CT molecular complexity index is 37.8. The lowest BCUT2D eigenvalue weighted by Crippen LogP contribution is -2.15. The van der Waals surface area contributed by atoms with Crippen LogP contribution in [-0.2, 0) is 4.74 Å². The first kappa shape index (κ1) is 10.5. The molecule has 0 unspecified atom stereocenters. The highest BCUT2D eigenvalue weighted by Crippen LogP contribution is 2.02. The van der Waals surface area contributed by atoms with E-state index in [1.807, 2.05) is 20.8 Å². The highest BCUT2D eigenvalue weighted by atomic mass is 27.0. The summed E-state index contributed by atoms with van der Waals surface area (Å²) in [6, 6.07) is 0. The lowest BCUT2D eigenvalue weighted by Gasteiger charge is -2.14. The Labute approximate surface area is 56.2 Å². The van der Waals surface area contributed by atoms with E-state index in [1.165, 1.54) is 0 Å². The maximum absolute atomic E-state index is 4.94. The van der Waals surface area contributed by atoms with Gasteiger partial charge in [-0.1, -0.05) is 0 Å². The van der Waals surface area contributed by atoms with E-state index < -0.39 is 0 Å². The predicted octanol–water partition coefficient (Wildman–Crippen LogP) is 0.247. The Morgan fingerprint density at radius 2 is 1.29 bits per heavy atom. The molecule has 44 valence electrons. The van der Waals surface area contributed by atoms with Gasteiger partial charge in [0.05, 0.1) is 5.60 Å². The van der Waals surface area contributed by atoms with Crippen LogP contribution in [0.25, 0.3) is 0 Å². The molecule has 0 aliphatic rings. The van der Waals surface area contributed by atoms with Crippen LogP contribution < -0.4 is 0 Å². The van der Waals surface area contributed by atoms with Crippen LogP contribution in [0.5, 0.6) is 0 Å². The molecule has 0 fully saturated rings. The van der Waals surface area contributed by atoms with Gasteiger partial charge in [-0.2, -0.15) is 0 Å². The summed E-state index contributed by atoms with van der Waals surface area (Å²) in [5.74, 6) is 0. The summed E-state index contributed by atoms with van der Waals surface area (Å²) < 4.78 is 4.94. The number of methoxy groups -OCH3 is 1. The van der Waals surface area contributed by atoms with Crippen LogP contribution in [0.4, 0.5) is 0 Å². The summed E-state index contributed by atoms with van der Waals surface area (Å²) in [5, 5.41) is 0. The molecule has 1 nitrogen and oxygen atoms in total. The van der Waals surface area contributed by atoms with Crippen LogP contribution in [0.2, 0.25) is 0 Å². The quantitative estimate of drug-likeness (QED) is 0.414. The Morgan fingerprint density at radius 1 is 1.14 bits per heavy atom. The molecule has 0 aromatic rings. The molecule has 0 heterocycles. The first-order valence-electron chi connectivity index (χ1n) is 2.11. The van der Waals surface area contributed by atoms with Gasteiger partial charge < -0.3 is 4.74 Å². The lowest BCUT2D eigenvalue weighted by atomic mass is 10.2. The fourth-order valence-electron chi connectivity index (χ4n) is 0. The molecule has 0 aliphatic carbocycles. The van der Waals surface area contributed by atoms with Gasteiger partial charge in [0.15, 0.2) is 17.4 Å².